The summed E-state index contributed by atoms with van der Waals surface area (Å²) in [4.78, 5) is 11.1. The van der Waals surface area contributed by atoms with E-state index in [2.05, 4.69) is 4.74 Å². The minimum atomic E-state index is -1.22. The Labute approximate surface area is 84.6 Å². The van der Waals surface area contributed by atoms with E-state index in [0.717, 1.165) is 7.11 Å². The minimum Gasteiger partial charge on any atom is -0.490 e. The van der Waals surface area contributed by atoms with Crippen molar-refractivity contribution >= 4 is 5.97 Å². The Hall–Kier alpha value is -1.65. The highest BCUT2D eigenvalue weighted by atomic mass is 19.2. The molecule has 80 valence electrons. The summed E-state index contributed by atoms with van der Waals surface area (Å²) >= 11 is 0. The highest BCUT2D eigenvalue weighted by Gasteiger charge is 2.26. The molecule has 0 aromatic heterocycles. The summed E-state index contributed by atoms with van der Waals surface area (Å²) in [6, 6.07) is 1.27. The van der Waals surface area contributed by atoms with Crippen LogP contribution < -0.4 is 4.74 Å². The van der Waals surface area contributed by atoms with E-state index in [-0.39, 0.29) is 11.3 Å². The van der Waals surface area contributed by atoms with Crippen LogP contribution in [0, 0.1) is 11.6 Å². The fourth-order valence-corrected chi connectivity index (χ4v) is 1.53. The number of halogens is 2. The fourth-order valence-electron chi connectivity index (χ4n) is 1.53. The van der Waals surface area contributed by atoms with Crippen LogP contribution in [0.1, 0.15) is 15.9 Å². The second kappa shape index (κ2) is 3.49. The molecule has 1 aromatic carbocycles. The van der Waals surface area contributed by atoms with Crippen molar-refractivity contribution in [1.82, 2.24) is 0 Å². The lowest BCUT2D eigenvalue weighted by molar-refractivity contribution is 0.0594. The van der Waals surface area contributed by atoms with Gasteiger partial charge in [0.15, 0.2) is 11.6 Å². The van der Waals surface area contributed by atoms with Crippen molar-refractivity contribution in [3.05, 3.63) is 28.8 Å². The van der Waals surface area contributed by atoms with E-state index in [1.165, 1.54) is 6.07 Å². The Morgan fingerprint density at radius 2 is 2.20 bits per heavy atom. The van der Waals surface area contributed by atoms with Crippen LogP contribution in [-0.4, -0.2) is 19.7 Å². The van der Waals surface area contributed by atoms with Gasteiger partial charge >= 0.3 is 5.97 Å². The molecule has 0 N–H and O–H groups in total. The first-order valence-corrected chi connectivity index (χ1v) is 4.37. The summed E-state index contributed by atoms with van der Waals surface area (Å²) < 4.78 is 35.9. The molecular weight excluding hydrogens is 206 g/mol. The van der Waals surface area contributed by atoms with Crippen LogP contribution in [0.15, 0.2) is 6.07 Å². The largest absolute Gasteiger partial charge is 0.490 e. The van der Waals surface area contributed by atoms with Gasteiger partial charge in [-0.2, -0.15) is 4.39 Å². The molecule has 0 bridgehead atoms. The molecule has 0 saturated carbocycles. The lowest BCUT2D eigenvalue weighted by Crippen LogP contribution is -2.07. The number of carbonyl (C=O) groups excluding carboxylic acids is 1. The van der Waals surface area contributed by atoms with Gasteiger partial charge in [0.25, 0.3) is 0 Å². The first-order chi connectivity index (χ1) is 7.15. The number of carbonyl (C=O) groups is 1. The van der Waals surface area contributed by atoms with Crippen molar-refractivity contribution in [2.75, 3.05) is 13.7 Å². The number of ether oxygens (including phenoxy) is 2. The molecule has 0 radical (unpaired) electrons. The summed E-state index contributed by atoms with van der Waals surface area (Å²) in [6.07, 6.45) is 0.469. The Balaban J connectivity index is 2.59. The monoisotopic (exact) mass is 214 g/mol. The van der Waals surface area contributed by atoms with Crippen LogP contribution in [0.5, 0.6) is 5.75 Å². The topological polar surface area (TPSA) is 35.5 Å². The molecule has 0 spiro atoms. The van der Waals surface area contributed by atoms with Crippen LogP contribution in [0.3, 0.4) is 0 Å². The average molecular weight is 214 g/mol. The van der Waals surface area contributed by atoms with E-state index >= 15 is 0 Å². The molecule has 0 atom stereocenters. The molecule has 2 rings (SSSR count). The second-order valence-corrected chi connectivity index (χ2v) is 3.13. The molecule has 15 heavy (non-hydrogen) atoms. The highest BCUT2D eigenvalue weighted by Crippen LogP contribution is 2.32. The SMILES string of the molecule is COC(=O)c1cc2c(c(F)c1F)OCC2. The van der Waals surface area contributed by atoms with Crippen LogP contribution >= 0.6 is 0 Å². The Morgan fingerprint density at radius 1 is 1.47 bits per heavy atom. The number of benzene rings is 1. The third-order valence-electron chi connectivity index (χ3n) is 2.26. The number of hydrogen-bond donors (Lipinski definition) is 0. The van der Waals surface area contributed by atoms with E-state index in [9.17, 15) is 13.6 Å². The summed E-state index contributed by atoms with van der Waals surface area (Å²) in [6.45, 7) is 0.302. The smallest absolute Gasteiger partial charge is 0.340 e. The van der Waals surface area contributed by atoms with Crippen LogP contribution in [0.4, 0.5) is 8.78 Å². The molecule has 3 nitrogen and oxygen atoms in total. The number of fused-ring (bicyclic) bond motifs is 1. The van der Waals surface area contributed by atoms with Gasteiger partial charge in [-0.05, 0) is 6.07 Å². The van der Waals surface area contributed by atoms with Crippen LogP contribution in [0.2, 0.25) is 0 Å². The number of rotatable bonds is 1. The normalized spacial score (nSPS) is 13.3. The predicted molar refractivity (Wildman–Crippen MR) is 46.9 cm³/mol. The maximum Gasteiger partial charge on any atom is 0.340 e. The summed E-state index contributed by atoms with van der Waals surface area (Å²) in [5.74, 6) is -3.32. The van der Waals surface area contributed by atoms with Crippen molar-refractivity contribution in [3.8, 4) is 5.75 Å². The van der Waals surface area contributed by atoms with Crippen molar-refractivity contribution in [2.24, 2.45) is 0 Å². The van der Waals surface area contributed by atoms with Crippen molar-refractivity contribution in [2.45, 2.75) is 6.42 Å². The minimum absolute atomic E-state index is 0.0971. The van der Waals surface area contributed by atoms with Gasteiger partial charge in [0, 0.05) is 12.0 Å². The standard InChI is InChI=1S/C10H8F2O3/c1-14-10(13)6-4-5-2-3-15-9(5)8(12)7(6)11/h4H,2-3H2,1H3. The van der Waals surface area contributed by atoms with Gasteiger partial charge in [-0.3, -0.25) is 0 Å². The van der Waals surface area contributed by atoms with E-state index < -0.39 is 17.6 Å². The molecule has 0 aliphatic carbocycles. The average Bonchev–Trinajstić information content (AvgIpc) is 2.70. The van der Waals surface area contributed by atoms with Crippen molar-refractivity contribution in [1.29, 1.82) is 0 Å². The van der Waals surface area contributed by atoms with Gasteiger partial charge in [0.1, 0.15) is 0 Å². The third kappa shape index (κ3) is 1.44. The first-order valence-electron chi connectivity index (χ1n) is 4.37. The molecular formula is C10H8F2O3. The maximum atomic E-state index is 13.4. The lowest BCUT2D eigenvalue weighted by atomic mass is 10.1. The van der Waals surface area contributed by atoms with Gasteiger partial charge in [0.2, 0.25) is 5.82 Å². The lowest BCUT2D eigenvalue weighted by Gasteiger charge is -2.06. The zero-order valence-electron chi connectivity index (χ0n) is 7.97. The van der Waals surface area contributed by atoms with Gasteiger partial charge in [0.05, 0.1) is 19.3 Å². The summed E-state index contributed by atoms with van der Waals surface area (Å²) in [5, 5.41) is 0. The van der Waals surface area contributed by atoms with Crippen molar-refractivity contribution < 1.29 is 23.0 Å². The van der Waals surface area contributed by atoms with E-state index in [4.69, 9.17) is 4.74 Å². The molecule has 0 saturated heterocycles. The number of hydrogen-bond acceptors (Lipinski definition) is 3. The quantitative estimate of drug-likeness (QED) is 0.667. The highest BCUT2D eigenvalue weighted by molar-refractivity contribution is 5.90. The summed E-state index contributed by atoms with van der Waals surface area (Å²) in [7, 11) is 1.11. The zero-order valence-corrected chi connectivity index (χ0v) is 7.97. The van der Waals surface area contributed by atoms with E-state index in [0.29, 0.717) is 18.6 Å². The van der Waals surface area contributed by atoms with Gasteiger partial charge in [-0.1, -0.05) is 0 Å². The zero-order chi connectivity index (χ0) is 11.0. The van der Waals surface area contributed by atoms with Crippen molar-refractivity contribution in [3.63, 3.8) is 0 Å². The third-order valence-corrected chi connectivity index (χ3v) is 2.26. The second-order valence-electron chi connectivity index (χ2n) is 3.13. The first kappa shape index (κ1) is 9.89. The summed E-state index contributed by atoms with van der Waals surface area (Å²) in [5.41, 5.74) is 0.105. The fraction of sp³-hybridized carbons (Fsp3) is 0.300. The number of methoxy groups -OCH3 is 1. The van der Waals surface area contributed by atoms with Crippen LogP contribution in [0.25, 0.3) is 0 Å². The molecule has 5 heteroatoms. The van der Waals surface area contributed by atoms with Gasteiger partial charge in [-0.25, -0.2) is 9.18 Å². The Kier molecular flexibility index (Phi) is 2.30. The maximum absolute atomic E-state index is 13.4. The van der Waals surface area contributed by atoms with E-state index in [1.807, 2.05) is 0 Å². The molecule has 0 amide bonds. The molecule has 1 aromatic rings. The Morgan fingerprint density at radius 3 is 2.87 bits per heavy atom. The van der Waals surface area contributed by atoms with Gasteiger partial charge in [-0.15, -0.1) is 0 Å². The number of esters is 1. The molecule has 0 fully saturated rings. The molecule has 0 unspecified atom stereocenters. The molecule has 1 heterocycles. The van der Waals surface area contributed by atoms with Gasteiger partial charge < -0.3 is 9.47 Å². The predicted octanol–water partition coefficient (Wildman–Crippen LogP) is 1.69. The van der Waals surface area contributed by atoms with Crippen LogP contribution in [-0.2, 0) is 11.2 Å². The molecule has 1 aliphatic rings. The van der Waals surface area contributed by atoms with E-state index in [1.54, 1.807) is 0 Å². The molecule has 1 aliphatic heterocycles. The Bertz CT molecular complexity index is 429.